The monoisotopic (exact) mass is 602 g/mol. The Bertz CT molecular complexity index is 2740. The molecular formula is C44H26OS. The number of fused-ring (bicyclic) bond motifs is 7. The number of benzene rings is 8. The molecule has 0 bridgehead atoms. The van der Waals surface area contributed by atoms with E-state index in [9.17, 15) is 0 Å². The predicted molar refractivity (Wildman–Crippen MR) is 198 cm³/mol. The molecule has 0 N–H and O–H groups in total. The third-order valence-electron chi connectivity index (χ3n) is 9.44. The molecular weight excluding hydrogens is 577 g/mol. The Morgan fingerprint density at radius 2 is 0.957 bits per heavy atom. The number of thiophene rings is 1. The molecule has 46 heavy (non-hydrogen) atoms. The lowest BCUT2D eigenvalue weighted by Crippen LogP contribution is -1.91. The first-order chi connectivity index (χ1) is 22.8. The van der Waals surface area contributed by atoms with E-state index in [1.165, 1.54) is 69.2 Å². The number of hydrogen-bond donors (Lipinski definition) is 0. The Kier molecular flexibility index (Phi) is 5.51. The molecule has 0 unspecified atom stereocenters. The summed E-state index contributed by atoms with van der Waals surface area (Å²) in [5, 5.41) is 11.1. The van der Waals surface area contributed by atoms with E-state index >= 15 is 0 Å². The molecule has 0 fully saturated rings. The highest BCUT2D eigenvalue weighted by atomic mass is 32.1. The summed E-state index contributed by atoms with van der Waals surface area (Å²) in [6, 6.07) is 57.1. The van der Waals surface area contributed by atoms with E-state index in [-0.39, 0.29) is 0 Å². The van der Waals surface area contributed by atoms with Crippen molar-refractivity contribution in [3.8, 4) is 33.6 Å². The Labute approximate surface area is 269 Å². The molecule has 0 radical (unpaired) electrons. The van der Waals surface area contributed by atoms with Crippen LogP contribution in [-0.2, 0) is 0 Å². The molecule has 0 saturated heterocycles. The van der Waals surface area contributed by atoms with E-state index in [1.54, 1.807) is 0 Å². The van der Waals surface area contributed by atoms with Crippen molar-refractivity contribution in [3.05, 3.63) is 158 Å². The fourth-order valence-corrected chi connectivity index (χ4v) is 8.54. The van der Waals surface area contributed by atoms with E-state index in [0.29, 0.717) is 0 Å². The summed E-state index contributed by atoms with van der Waals surface area (Å²) in [6.45, 7) is 0. The molecule has 0 aliphatic carbocycles. The van der Waals surface area contributed by atoms with Crippen molar-refractivity contribution in [2.75, 3.05) is 0 Å². The Hall–Kier alpha value is -5.70. The second kappa shape index (κ2) is 9.90. The lowest BCUT2D eigenvalue weighted by molar-refractivity contribution is 0.633. The molecule has 0 atom stereocenters. The van der Waals surface area contributed by atoms with Crippen LogP contribution in [0.25, 0.3) is 97.0 Å². The SMILES string of the molecule is c1ccc(-c2oc3cc4c(cc3c2-c2c3ccccc3c(-c3ccc5ccccc5c3)c3ccccc23)sc2ccccc24)cc1. The molecule has 10 aromatic rings. The number of hydrogen-bond acceptors (Lipinski definition) is 2. The van der Waals surface area contributed by atoms with Crippen molar-refractivity contribution in [2.45, 2.75) is 0 Å². The van der Waals surface area contributed by atoms with Gasteiger partial charge in [-0.25, -0.2) is 0 Å². The van der Waals surface area contributed by atoms with Gasteiger partial charge in [0.05, 0.1) is 0 Å². The highest BCUT2D eigenvalue weighted by Crippen LogP contribution is 2.51. The maximum Gasteiger partial charge on any atom is 0.143 e. The van der Waals surface area contributed by atoms with E-state index in [0.717, 1.165) is 27.9 Å². The first kappa shape index (κ1) is 25.6. The van der Waals surface area contributed by atoms with Crippen LogP contribution in [0.3, 0.4) is 0 Å². The van der Waals surface area contributed by atoms with E-state index < -0.39 is 0 Å². The van der Waals surface area contributed by atoms with Gasteiger partial charge < -0.3 is 4.42 Å². The van der Waals surface area contributed by atoms with E-state index in [4.69, 9.17) is 4.42 Å². The van der Waals surface area contributed by atoms with Crippen LogP contribution < -0.4 is 0 Å². The fourth-order valence-electron chi connectivity index (χ4n) is 7.41. The van der Waals surface area contributed by atoms with E-state index in [2.05, 4.69) is 158 Å². The van der Waals surface area contributed by atoms with Crippen LogP contribution in [0, 0.1) is 0 Å². The van der Waals surface area contributed by atoms with Crippen LogP contribution in [0.15, 0.2) is 162 Å². The smallest absolute Gasteiger partial charge is 0.143 e. The minimum Gasteiger partial charge on any atom is -0.455 e. The molecule has 10 rings (SSSR count). The predicted octanol–water partition coefficient (Wildman–Crippen LogP) is 13.3. The zero-order valence-corrected chi connectivity index (χ0v) is 25.6. The summed E-state index contributed by atoms with van der Waals surface area (Å²) in [7, 11) is 0. The standard InChI is InChI=1S/C44H26OS/c1-2-13-28(14-3-1)44-43(37-26-40-36(25-38(37)45-44)31-16-10-11-21-39(31)46-40)42-34-19-8-6-17-32(34)41(33-18-7-9-20-35(33)42)30-23-22-27-12-4-5-15-29(27)24-30/h1-26H. The maximum atomic E-state index is 6.93. The van der Waals surface area contributed by atoms with Crippen LogP contribution >= 0.6 is 11.3 Å². The summed E-state index contributed by atoms with van der Waals surface area (Å²) in [5.74, 6) is 0.909. The van der Waals surface area contributed by atoms with Gasteiger partial charge in [0.1, 0.15) is 11.3 Å². The van der Waals surface area contributed by atoms with Crippen molar-refractivity contribution >= 4 is 74.8 Å². The second-order valence-electron chi connectivity index (χ2n) is 12.0. The average molecular weight is 603 g/mol. The van der Waals surface area contributed by atoms with Gasteiger partial charge in [0.25, 0.3) is 0 Å². The Morgan fingerprint density at radius 3 is 1.70 bits per heavy atom. The lowest BCUT2D eigenvalue weighted by Gasteiger charge is -2.18. The molecule has 0 spiro atoms. The van der Waals surface area contributed by atoms with Gasteiger partial charge in [-0.15, -0.1) is 11.3 Å². The van der Waals surface area contributed by atoms with E-state index in [1.807, 2.05) is 11.3 Å². The maximum absolute atomic E-state index is 6.93. The average Bonchev–Trinajstić information content (AvgIpc) is 3.67. The van der Waals surface area contributed by atoms with Gasteiger partial charge >= 0.3 is 0 Å². The van der Waals surface area contributed by atoms with Gasteiger partial charge in [-0.2, -0.15) is 0 Å². The molecule has 2 heterocycles. The van der Waals surface area contributed by atoms with Crippen molar-refractivity contribution in [1.29, 1.82) is 0 Å². The molecule has 8 aromatic carbocycles. The molecule has 214 valence electrons. The van der Waals surface area contributed by atoms with Gasteiger partial charge in [0.15, 0.2) is 0 Å². The minimum absolute atomic E-state index is 0.909. The van der Waals surface area contributed by atoms with Gasteiger partial charge in [-0.1, -0.05) is 133 Å². The lowest BCUT2D eigenvalue weighted by atomic mass is 9.84. The van der Waals surface area contributed by atoms with Gasteiger partial charge in [-0.3, -0.25) is 0 Å². The summed E-state index contributed by atoms with van der Waals surface area (Å²) < 4.78 is 9.50. The van der Waals surface area contributed by atoms with Gasteiger partial charge in [0.2, 0.25) is 0 Å². The molecule has 0 aliphatic heterocycles. The summed E-state index contributed by atoms with van der Waals surface area (Å²) in [6.07, 6.45) is 0. The molecule has 2 aromatic heterocycles. The van der Waals surface area contributed by atoms with Crippen LogP contribution in [0.5, 0.6) is 0 Å². The van der Waals surface area contributed by atoms with Crippen molar-refractivity contribution < 1.29 is 4.42 Å². The number of rotatable bonds is 3. The molecule has 0 amide bonds. The first-order valence-electron chi connectivity index (χ1n) is 15.7. The van der Waals surface area contributed by atoms with Crippen LogP contribution in [-0.4, -0.2) is 0 Å². The largest absolute Gasteiger partial charge is 0.455 e. The summed E-state index contributed by atoms with van der Waals surface area (Å²) >= 11 is 1.85. The second-order valence-corrected chi connectivity index (χ2v) is 13.1. The Morgan fingerprint density at radius 1 is 0.348 bits per heavy atom. The van der Waals surface area contributed by atoms with Crippen molar-refractivity contribution in [2.24, 2.45) is 0 Å². The molecule has 0 saturated carbocycles. The zero-order chi connectivity index (χ0) is 30.2. The third-order valence-corrected chi connectivity index (χ3v) is 10.6. The first-order valence-corrected chi connectivity index (χ1v) is 16.5. The highest BCUT2D eigenvalue weighted by molar-refractivity contribution is 7.25. The molecule has 1 nitrogen and oxygen atoms in total. The third kappa shape index (κ3) is 3.74. The number of furan rings is 1. The highest BCUT2D eigenvalue weighted by Gasteiger charge is 2.25. The zero-order valence-electron chi connectivity index (χ0n) is 24.8. The minimum atomic E-state index is 0.909. The van der Waals surface area contributed by atoms with Gasteiger partial charge in [-0.05, 0) is 67.7 Å². The normalized spacial score (nSPS) is 11.9. The van der Waals surface area contributed by atoms with Gasteiger partial charge in [0, 0.05) is 42.2 Å². The van der Waals surface area contributed by atoms with Crippen molar-refractivity contribution in [3.63, 3.8) is 0 Å². The quantitative estimate of drug-likeness (QED) is 0.183. The Balaban J connectivity index is 1.37. The summed E-state index contributed by atoms with van der Waals surface area (Å²) in [4.78, 5) is 0. The van der Waals surface area contributed by atoms with Crippen molar-refractivity contribution in [1.82, 2.24) is 0 Å². The molecule has 2 heteroatoms. The molecule has 0 aliphatic rings. The fraction of sp³-hybridized carbons (Fsp3) is 0. The van der Waals surface area contributed by atoms with Crippen LogP contribution in [0.4, 0.5) is 0 Å². The summed E-state index contributed by atoms with van der Waals surface area (Å²) in [5.41, 5.74) is 6.85. The van der Waals surface area contributed by atoms with Crippen LogP contribution in [0.2, 0.25) is 0 Å². The topological polar surface area (TPSA) is 13.1 Å². The van der Waals surface area contributed by atoms with Crippen LogP contribution in [0.1, 0.15) is 0 Å².